The number of nitrogens with one attached hydrogen (secondary N) is 1. The van der Waals surface area contributed by atoms with Crippen LogP contribution in [0.1, 0.15) is 58.2 Å². The Morgan fingerprint density at radius 3 is 2.95 bits per heavy atom. The smallest absolute Gasteiger partial charge is 0.138 e. The zero-order valence-corrected chi connectivity index (χ0v) is 14.1. The fourth-order valence-electron chi connectivity index (χ4n) is 3.75. The average Bonchev–Trinajstić information content (AvgIpc) is 3.08. The first kappa shape index (κ1) is 15.3. The van der Waals surface area contributed by atoms with E-state index in [0.717, 1.165) is 29.3 Å². The molecular weight excluding hydrogens is 280 g/mol. The summed E-state index contributed by atoms with van der Waals surface area (Å²) in [4.78, 5) is 4.30. The second kappa shape index (κ2) is 7.14. The van der Waals surface area contributed by atoms with E-state index >= 15 is 0 Å². The highest BCUT2D eigenvalue weighted by Gasteiger charge is 2.23. The van der Waals surface area contributed by atoms with Crippen molar-refractivity contribution in [3.8, 4) is 0 Å². The summed E-state index contributed by atoms with van der Waals surface area (Å²) in [6.07, 6.45) is 11.0. The van der Waals surface area contributed by atoms with Crippen LogP contribution in [-0.4, -0.2) is 37.3 Å². The van der Waals surface area contributed by atoms with Crippen LogP contribution in [0.15, 0.2) is 6.33 Å². The van der Waals surface area contributed by atoms with Gasteiger partial charge in [0.15, 0.2) is 0 Å². The van der Waals surface area contributed by atoms with Crippen LogP contribution in [0, 0.1) is 0 Å². The molecule has 2 heterocycles. The van der Waals surface area contributed by atoms with Crippen molar-refractivity contribution in [1.29, 1.82) is 0 Å². The summed E-state index contributed by atoms with van der Waals surface area (Å²) >= 11 is 2.22. The lowest BCUT2D eigenvalue weighted by Crippen LogP contribution is -2.43. The molecule has 0 spiro atoms. The van der Waals surface area contributed by atoms with Crippen LogP contribution in [-0.2, 0) is 13.0 Å². The van der Waals surface area contributed by atoms with Gasteiger partial charge in [0.05, 0.1) is 6.54 Å². The van der Waals surface area contributed by atoms with Crippen molar-refractivity contribution < 1.29 is 0 Å². The van der Waals surface area contributed by atoms with Crippen molar-refractivity contribution in [2.75, 3.05) is 0 Å². The van der Waals surface area contributed by atoms with Gasteiger partial charge < -0.3 is 5.32 Å². The van der Waals surface area contributed by atoms with Gasteiger partial charge in [-0.15, -0.1) is 0 Å². The Morgan fingerprint density at radius 1 is 1.33 bits per heavy atom. The molecular formula is C16H28N4S. The molecule has 1 N–H and O–H groups in total. The quantitative estimate of drug-likeness (QED) is 0.877. The van der Waals surface area contributed by atoms with Crippen LogP contribution in [0.5, 0.6) is 0 Å². The number of thioether (sulfide) groups is 1. The number of aromatic nitrogens is 3. The molecule has 1 aromatic rings. The maximum Gasteiger partial charge on any atom is 0.138 e. The van der Waals surface area contributed by atoms with E-state index in [2.05, 4.69) is 45.7 Å². The number of fused-ring (bicyclic) bond motifs is 1. The molecule has 1 fully saturated rings. The van der Waals surface area contributed by atoms with Gasteiger partial charge in [0.1, 0.15) is 12.2 Å². The van der Waals surface area contributed by atoms with Crippen LogP contribution < -0.4 is 5.32 Å². The summed E-state index contributed by atoms with van der Waals surface area (Å²) in [5, 5.41) is 9.80. The van der Waals surface area contributed by atoms with E-state index < -0.39 is 0 Å². The molecule has 2 aliphatic rings. The molecule has 118 valence electrons. The first-order valence-corrected chi connectivity index (χ1v) is 9.43. The minimum Gasteiger partial charge on any atom is -0.310 e. The normalized spacial score (nSPS) is 25.7. The monoisotopic (exact) mass is 308 g/mol. The molecule has 0 aromatic carbocycles. The van der Waals surface area contributed by atoms with Gasteiger partial charge in [0.25, 0.3) is 0 Å². The standard InChI is InChI=1S/C16H28N4S/c1-12(9-13(2)21-15-5-3-4-6-15)19-14-7-8-16-17-11-18-20(16)10-14/h11-15,19H,3-10H2,1-2H3/t12-,13+,14+/m1/s1. The third-order valence-corrected chi connectivity index (χ3v) is 6.25. The van der Waals surface area contributed by atoms with Crippen LogP contribution >= 0.6 is 11.8 Å². The zero-order chi connectivity index (χ0) is 14.7. The third kappa shape index (κ3) is 4.22. The van der Waals surface area contributed by atoms with Crippen molar-refractivity contribution in [2.45, 2.75) is 87.9 Å². The van der Waals surface area contributed by atoms with Crippen molar-refractivity contribution in [2.24, 2.45) is 0 Å². The predicted octanol–water partition coefficient (Wildman–Crippen LogP) is 3.03. The lowest BCUT2D eigenvalue weighted by Gasteiger charge is -2.28. The summed E-state index contributed by atoms with van der Waals surface area (Å²) in [5.74, 6) is 1.14. The Labute approximate surface area is 132 Å². The summed E-state index contributed by atoms with van der Waals surface area (Å²) in [6, 6.07) is 1.14. The van der Waals surface area contributed by atoms with Crippen LogP contribution in [0.25, 0.3) is 0 Å². The highest BCUT2D eigenvalue weighted by molar-refractivity contribution is 8.00. The second-order valence-corrected chi connectivity index (χ2v) is 8.49. The molecule has 0 amide bonds. The molecule has 0 bridgehead atoms. The number of rotatable bonds is 6. The first-order chi connectivity index (χ1) is 10.2. The average molecular weight is 308 g/mol. The van der Waals surface area contributed by atoms with Crippen molar-refractivity contribution in [1.82, 2.24) is 20.1 Å². The van der Waals surface area contributed by atoms with Gasteiger partial charge in [-0.05, 0) is 32.6 Å². The van der Waals surface area contributed by atoms with Crippen molar-refractivity contribution in [3.05, 3.63) is 12.2 Å². The van der Waals surface area contributed by atoms with Gasteiger partial charge in [-0.2, -0.15) is 16.9 Å². The molecule has 1 aliphatic carbocycles. The minimum absolute atomic E-state index is 0.554. The molecule has 1 saturated carbocycles. The molecule has 3 rings (SSSR count). The zero-order valence-electron chi connectivity index (χ0n) is 13.3. The topological polar surface area (TPSA) is 42.7 Å². The molecule has 0 radical (unpaired) electrons. The lowest BCUT2D eigenvalue weighted by atomic mass is 10.1. The summed E-state index contributed by atoms with van der Waals surface area (Å²) < 4.78 is 2.06. The van der Waals surface area contributed by atoms with Gasteiger partial charge >= 0.3 is 0 Å². The molecule has 4 nitrogen and oxygen atoms in total. The summed E-state index contributed by atoms with van der Waals surface area (Å²) in [5.41, 5.74) is 0. The van der Waals surface area contributed by atoms with E-state index in [1.807, 2.05) is 0 Å². The van der Waals surface area contributed by atoms with Gasteiger partial charge in [0, 0.05) is 29.0 Å². The van der Waals surface area contributed by atoms with Crippen molar-refractivity contribution >= 4 is 11.8 Å². The molecule has 3 atom stereocenters. The largest absolute Gasteiger partial charge is 0.310 e. The molecule has 1 aliphatic heterocycles. The maximum atomic E-state index is 4.31. The Hall–Kier alpha value is -0.550. The Bertz CT molecular complexity index is 441. The van der Waals surface area contributed by atoms with E-state index in [1.165, 1.54) is 38.5 Å². The van der Waals surface area contributed by atoms with E-state index in [-0.39, 0.29) is 0 Å². The third-order valence-electron chi connectivity index (χ3n) is 4.74. The van der Waals surface area contributed by atoms with Crippen LogP contribution in [0.2, 0.25) is 0 Å². The molecule has 1 aromatic heterocycles. The van der Waals surface area contributed by atoms with E-state index in [1.54, 1.807) is 6.33 Å². The van der Waals surface area contributed by atoms with Crippen LogP contribution in [0.3, 0.4) is 0 Å². The Morgan fingerprint density at radius 2 is 2.14 bits per heavy atom. The number of nitrogens with zero attached hydrogens (tertiary/aromatic N) is 3. The van der Waals surface area contributed by atoms with Gasteiger partial charge in [-0.25, -0.2) is 9.67 Å². The maximum absolute atomic E-state index is 4.31. The second-order valence-electron chi connectivity index (χ2n) is 6.75. The highest BCUT2D eigenvalue weighted by atomic mass is 32.2. The molecule has 5 heteroatoms. The number of aryl methyl sites for hydroxylation is 1. The van der Waals surface area contributed by atoms with Gasteiger partial charge in [-0.3, -0.25) is 0 Å². The minimum atomic E-state index is 0.554. The number of hydrogen-bond donors (Lipinski definition) is 1. The first-order valence-electron chi connectivity index (χ1n) is 8.49. The van der Waals surface area contributed by atoms with Crippen molar-refractivity contribution in [3.63, 3.8) is 0 Å². The Balaban J connectivity index is 1.40. The predicted molar refractivity (Wildman–Crippen MR) is 88.7 cm³/mol. The van der Waals surface area contributed by atoms with Gasteiger partial charge in [-0.1, -0.05) is 19.8 Å². The fraction of sp³-hybridized carbons (Fsp3) is 0.875. The lowest BCUT2D eigenvalue weighted by molar-refractivity contribution is 0.326. The molecule has 0 saturated heterocycles. The van der Waals surface area contributed by atoms with E-state index in [4.69, 9.17) is 0 Å². The van der Waals surface area contributed by atoms with E-state index in [0.29, 0.717) is 12.1 Å². The molecule has 0 unspecified atom stereocenters. The summed E-state index contributed by atoms with van der Waals surface area (Å²) in [7, 11) is 0. The number of hydrogen-bond acceptors (Lipinski definition) is 4. The Kier molecular flexibility index (Phi) is 5.22. The van der Waals surface area contributed by atoms with Crippen LogP contribution in [0.4, 0.5) is 0 Å². The highest BCUT2D eigenvalue weighted by Crippen LogP contribution is 2.33. The summed E-state index contributed by atoms with van der Waals surface area (Å²) in [6.45, 7) is 5.71. The van der Waals surface area contributed by atoms with Gasteiger partial charge in [0.2, 0.25) is 0 Å². The van der Waals surface area contributed by atoms with E-state index in [9.17, 15) is 0 Å². The SMILES string of the molecule is C[C@H](C[C@H](C)SC1CCCC1)N[C@H]1CCc2ncnn2C1. The molecule has 21 heavy (non-hydrogen) atoms. The fourth-order valence-corrected chi connectivity index (χ4v) is 5.41.